The number of rotatable bonds is 3. The summed E-state index contributed by atoms with van der Waals surface area (Å²) in [5.74, 6) is 0.00101. The molecule has 1 fully saturated rings. The Kier molecular flexibility index (Phi) is 7.36. The predicted molar refractivity (Wildman–Crippen MR) is 119 cm³/mol. The molecule has 0 radical (unpaired) electrons. The molecule has 0 amide bonds. The highest BCUT2D eigenvalue weighted by Crippen LogP contribution is 2.36. The molecule has 0 saturated heterocycles. The summed E-state index contributed by atoms with van der Waals surface area (Å²) in [7, 11) is 0.500. The third-order valence-electron chi connectivity index (χ3n) is 6.20. The van der Waals surface area contributed by atoms with E-state index in [9.17, 15) is 13.2 Å². The molecule has 0 unspecified atom stereocenters. The minimum atomic E-state index is -0.779. The fourth-order valence-corrected chi connectivity index (χ4v) is 4.25. The summed E-state index contributed by atoms with van der Waals surface area (Å²) in [6.07, 6.45) is 5.22. The lowest BCUT2D eigenvalue weighted by Crippen LogP contribution is -2.10. The van der Waals surface area contributed by atoms with Crippen molar-refractivity contribution in [1.82, 2.24) is 0 Å². The monoisotopic (exact) mass is 410 g/mol. The van der Waals surface area contributed by atoms with Crippen molar-refractivity contribution >= 4 is 0 Å². The van der Waals surface area contributed by atoms with Gasteiger partial charge in [-0.15, -0.1) is 0 Å². The van der Waals surface area contributed by atoms with Crippen LogP contribution < -0.4 is 0 Å². The largest absolute Gasteiger partial charge is 0.255 e. The molecule has 0 spiro atoms. The highest BCUT2D eigenvalue weighted by atomic mass is 19.2. The zero-order valence-electron chi connectivity index (χ0n) is 17.9. The quantitative estimate of drug-likeness (QED) is 0.406. The lowest BCUT2D eigenvalue weighted by atomic mass is 9.79. The van der Waals surface area contributed by atoms with E-state index in [-0.39, 0.29) is 0 Å². The molecular formula is C27H29F3. The lowest BCUT2D eigenvalue weighted by Gasteiger charge is -2.26. The van der Waals surface area contributed by atoms with Gasteiger partial charge in [0.1, 0.15) is 0 Å². The topological polar surface area (TPSA) is 0 Å². The summed E-state index contributed by atoms with van der Waals surface area (Å²) in [6.45, 7) is 3.92. The third-order valence-corrected chi connectivity index (χ3v) is 6.20. The van der Waals surface area contributed by atoms with E-state index in [0.717, 1.165) is 17.0 Å². The molecule has 0 nitrogen and oxygen atoms in total. The van der Waals surface area contributed by atoms with Crippen molar-refractivity contribution in [2.75, 3.05) is 7.18 Å². The molecule has 4 rings (SSSR count). The van der Waals surface area contributed by atoms with Crippen LogP contribution in [0.3, 0.4) is 0 Å². The van der Waals surface area contributed by atoms with Crippen LogP contribution in [0.4, 0.5) is 13.2 Å². The molecule has 0 aliphatic heterocycles. The van der Waals surface area contributed by atoms with Crippen LogP contribution in [0.5, 0.6) is 0 Å². The molecule has 3 heteroatoms. The second-order valence-corrected chi connectivity index (χ2v) is 8.21. The Morgan fingerprint density at radius 2 is 1.13 bits per heavy atom. The number of benzene rings is 3. The minimum Gasteiger partial charge on any atom is -0.255 e. The predicted octanol–water partition coefficient (Wildman–Crippen LogP) is 8.49. The zero-order chi connectivity index (χ0) is 21.7. The van der Waals surface area contributed by atoms with Crippen molar-refractivity contribution in [1.29, 1.82) is 0 Å². The molecule has 0 heterocycles. The van der Waals surface area contributed by atoms with E-state index in [1.54, 1.807) is 19.1 Å². The number of hydrogen-bond acceptors (Lipinski definition) is 0. The summed E-state index contributed by atoms with van der Waals surface area (Å²) in [5.41, 5.74) is 4.98. The van der Waals surface area contributed by atoms with Gasteiger partial charge in [0.25, 0.3) is 0 Å². The smallest absolute Gasteiger partial charge is 0.166 e. The van der Waals surface area contributed by atoms with Gasteiger partial charge in [-0.3, -0.25) is 4.39 Å². The molecule has 3 aromatic carbocycles. The molecule has 3 aromatic rings. The average molecular weight is 411 g/mol. The number of alkyl halides is 1. The van der Waals surface area contributed by atoms with Crippen LogP contribution in [0.25, 0.3) is 22.3 Å². The van der Waals surface area contributed by atoms with Crippen molar-refractivity contribution in [2.24, 2.45) is 5.92 Å². The van der Waals surface area contributed by atoms with Crippen molar-refractivity contribution < 1.29 is 13.2 Å². The summed E-state index contributed by atoms with van der Waals surface area (Å²) >= 11 is 0. The highest BCUT2D eigenvalue weighted by molar-refractivity contribution is 5.71. The summed E-state index contributed by atoms with van der Waals surface area (Å²) in [4.78, 5) is 0. The van der Waals surface area contributed by atoms with E-state index in [2.05, 4.69) is 31.2 Å². The fraction of sp³-hybridized carbons (Fsp3) is 0.333. The Morgan fingerprint density at radius 3 is 1.70 bits per heavy atom. The second-order valence-electron chi connectivity index (χ2n) is 8.21. The van der Waals surface area contributed by atoms with Gasteiger partial charge >= 0.3 is 0 Å². The lowest BCUT2D eigenvalue weighted by molar-refractivity contribution is 0.348. The van der Waals surface area contributed by atoms with Crippen LogP contribution in [0.1, 0.15) is 49.7 Å². The molecule has 0 bridgehead atoms. The van der Waals surface area contributed by atoms with E-state index in [1.165, 1.54) is 31.2 Å². The molecule has 0 atom stereocenters. The van der Waals surface area contributed by atoms with Gasteiger partial charge in [-0.05, 0) is 59.4 Å². The van der Waals surface area contributed by atoms with E-state index in [0.29, 0.717) is 29.8 Å². The Balaban J connectivity index is 0.00000124. The van der Waals surface area contributed by atoms with Crippen LogP contribution in [-0.2, 0) is 0 Å². The first kappa shape index (κ1) is 22.1. The van der Waals surface area contributed by atoms with Gasteiger partial charge in [0, 0.05) is 5.56 Å². The van der Waals surface area contributed by atoms with E-state index in [4.69, 9.17) is 0 Å². The molecule has 1 aliphatic carbocycles. The first-order valence-corrected chi connectivity index (χ1v) is 10.6. The van der Waals surface area contributed by atoms with E-state index >= 15 is 0 Å². The van der Waals surface area contributed by atoms with Gasteiger partial charge in [-0.2, -0.15) is 0 Å². The SMILES string of the molecule is CF.Cc1ccc(-c2ccc(-c3ccc(C4CCC(C)CC4)cc3)cc2)c(F)c1F. The number of halogens is 3. The summed E-state index contributed by atoms with van der Waals surface area (Å²) in [6, 6.07) is 19.8. The van der Waals surface area contributed by atoms with E-state index < -0.39 is 11.6 Å². The Labute approximate surface area is 177 Å². The standard InChI is InChI=1S/C26H26F2.CH3F/c1-17-3-6-19(7-4-17)20-8-10-21(11-9-20)22-12-14-23(15-13-22)24-16-5-18(2)25(27)26(24)28;1-2/h5,8-17,19H,3-4,6-7H2,1-2H3;1H3. The normalized spacial score (nSPS) is 18.5. The zero-order valence-corrected chi connectivity index (χ0v) is 17.9. The second kappa shape index (κ2) is 9.97. The molecule has 1 saturated carbocycles. The van der Waals surface area contributed by atoms with Gasteiger partial charge in [-0.25, -0.2) is 8.78 Å². The maximum absolute atomic E-state index is 14.2. The summed E-state index contributed by atoms with van der Waals surface area (Å²) < 4.78 is 37.6. The van der Waals surface area contributed by atoms with Crippen molar-refractivity contribution in [2.45, 2.75) is 45.4 Å². The van der Waals surface area contributed by atoms with Crippen LogP contribution in [0.15, 0.2) is 60.7 Å². The molecule has 158 valence electrons. The number of hydrogen-bond donors (Lipinski definition) is 0. The van der Waals surface area contributed by atoms with Gasteiger partial charge < -0.3 is 0 Å². The summed E-state index contributed by atoms with van der Waals surface area (Å²) in [5, 5.41) is 0. The van der Waals surface area contributed by atoms with Crippen LogP contribution in [0.2, 0.25) is 0 Å². The maximum Gasteiger partial charge on any atom is 0.166 e. The van der Waals surface area contributed by atoms with Crippen molar-refractivity contribution in [3.63, 3.8) is 0 Å². The molecule has 1 aliphatic rings. The molecule has 30 heavy (non-hydrogen) atoms. The first-order chi connectivity index (χ1) is 14.5. The van der Waals surface area contributed by atoms with Gasteiger partial charge in [0.15, 0.2) is 11.6 Å². The average Bonchev–Trinajstić information content (AvgIpc) is 2.80. The molecular weight excluding hydrogens is 381 g/mol. The first-order valence-electron chi connectivity index (χ1n) is 10.6. The van der Waals surface area contributed by atoms with Crippen LogP contribution in [0, 0.1) is 24.5 Å². The third kappa shape index (κ3) is 4.77. The van der Waals surface area contributed by atoms with Gasteiger partial charge in [-0.1, -0.05) is 80.4 Å². The maximum atomic E-state index is 14.2. The Hall–Kier alpha value is -2.55. The molecule has 0 N–H and O–H groups in total. The van der Waals surface area contributed by atoms with Crippen LogP contribution >= 0.6 is 0 Å². The van der Waals surface area contributed by atoms with Gasteiger partial charge in [0.05, 0.1) is 7.18 Å². The van der Waals surface area contributed by atoms with Crippen molar-refractivity contribution in [3.05, 3.63) is 83.4 Å². The van der Waals surface area contributed by atoms with Crippen LogP contribution in [-0.4, -0.2) is 7.18 Å². The van der Waals surface area contributed by atoms with Crippen molar-refractivity contribution in [3.8, 4) is 22.3 Å². The fourth-order valence-electron chi connectivity index (χ4n) is 4.25. The Bertz CT molecular complexity index is 951. The van der Waals surface area contributed by atoms with Gasteiger partial charge in [0.2, 0.25) is 0 Å². The Morgan fingerprint density at radius 1 is 0.633 bits per heavy atom. The minimum absolute atomic E-state index is 0.302. The van der Waals surface area contributed by atoms with E-state index in [1.807, 2.05) is 24.3 Å². The highest BCUT2D eigenvalue weighted by Gasteiger charge is 2.19. The molecule has 0 aromatic heterocycles. The number of aryl methyl sites for hydroxylation is 1.